The minimum Gasteiger partial charge on any atom is -0.356 e. The molecule has 0 radical (unpaired) electrons. The molecule has 1 N–H and O–H groups in total. The van der Waals surface area contributed by atoms with Gasteiger partial charge in [0, 0.05) is 12.7 Å². The summed E-state index contributed by atoms with van der Waals surface area (Å²) >= 11 is 3.21. The Balaban J connectivity index is 1.70. The quantitative estimate of drug-likeness (QED) is 0.793. The Morgan fingerprint density at radius 3 is 2.94 bits per heavy atom. The topological polar surface area (TPSA) is 50.7 Å². The number of rotatable bonds is 4. The number of anilines is 1. The van der Waals surface area contributed by atoms with Crippen molar-refractivity contribution in [2.45, 2.75) is 6.54 Å². The van der Waals surface area contributed by atoms with Crippen LogP contribution in [0, 0.1) is 0 Å². The van der Waals surface area contributed by atoms with Crippen molar-refractivity contribution >= 4 is 27.8 Å². The molecule has 0 aliphatic heterocycles. The average molecular weight is 274 g/mol. The first kappa shape index (κ1) is 11.3. The van der Waals surface area contributed by atoms with E-state index in [-0.39, 0.29) is 0 Å². The van der Waals surface area contributed by atoms with Gasteiger partial charge in [-0.2, -0.15) is 11.3 Å². The molecular formula is C12H10N4S2. The lowest BCUT2D eigenvalue weighted by molar-refractivity contribution is 1.05. The fourth-order valence-electron chi connectivity index (χ4n) is 1.46. The zero-order valence-corrected chi connectivity index (χ0v) is 11.0. The van der Waals surface area contributed by atoms with Crippen molar-refractivity contribution in [3.63, 3.8) is 0 Å². The van der Waals surface area contributed by atoms with Gasteiger partial charge in [-0.25, -0.2) is 0 Å². The summed E-state index contributed by atoms with van der Waals surface area (Å²) in [5.41, 5.74) is 2.12. The number of thiophene rings is 1. The molecule has 4 nitrogen and oxygen atoms in total. The standard InChI is InChI=1S/C12H10N4S2/c1-2-5-13-10(3-1)11-15-16-12(18-11)14-7-9-4-6-17-8-9/h1-6,8H,7H2,(H,14,16). The number of nitrogens with one attached hydrogen (secondary N) is 1. The summed E-state index contributed by atoms with van der Waals surface area (Å²) in [7, 11) is 0. The van der Waals surface area contributed by atoms with E-state index in [1.165, 1.54) is 16.9 Å². The van der Waals surface area contributed by atoms with Gasteiger partial charge < -0.3 is 5.32 Å². The van der Waals surface area contributed by atoms with Crippen molar-refractivity contribution in [2.75, 3.05) is 5.32 Å². The van der Waals surface area contributed by atoms with E-state index in [1.807, 2.05) is 18.2 Å². The summed E-state index contributed by atoms with van der Waals surface area (Å²) in [4.78, 5) is 4.25. The summed E-state index contributed by atoms with van der Waals surface area (Å²) in [6, 6.07) is 7.87. The molecule has 0 saturated carbocycles. The van der Waals surface area contributed by atoms with E-state index in [2.05, 4.69) is 37.3 Å². The van der Waals surface area contributed by atoms with Gasteiger partial charge in [-0.1, -0.05) is 17.4 Å². The van der Waals surface area contributed by atoms with Gasteiger partial charge in [0.15, 0.2) is 5.01 Å². The highest BCUT2D eigenvalue weighted by Gasteiger charge is 2.06. The number of pyridine rings is 1. The maximum absolute atomic E-state index is 4.25. The van der Waals surface area contributed by atoms with Crippen LogP contribution in [0.25, 0.3) is 10.7 Å². The van der Waals surface area contributed by atoms with E-state index >= 15 is 0 Å². The minimum atomic E-state index is 0.778. The van der Waals surface area contributed by atoms with Crippen LogP contribution in [0.3, 0.4) is 0 Å². The molecule has 0 aliphatic rings. The fraction of sp³-hybridized carbons (Fsp3) is 0.0833. The Kier molecular flexibility index (Phi) is 3.29. The van der Waals surface area contributed by atoms with Crippen molar-refractivity contribution in [2.24, 2.45) is 0 Å². The SMILES string of the molecule is c1ccc(-c2nnc(NCc3ccsc3)s2)nc1. The highest BCUT2D eigenvalue weighted by Crippen LogP contribution is 2.24. The third-order valence-electron chi connectivity index (χ3n) is 2.33. The number of nitrogens with zero attached hydrogens (tertiary/aromatic N) is 3. The van der Waals surface area contributed by atoms with Crippen molar-refractivity contribution in [1.29, 1.82) is 0 Å². The monoisotopic (exact) mass is 274 g/mol. The van der Waals surface area contributed by atoms with Gasteiger partial charge in [0.1, 0.15) is 5.69 Å². The largest absolute Gasteiger partial charge is 0.356 e. The third-order valence-corrected chi connectivity index (χ3v) is 3.97. The van der Waals surface area contributed by atoms with Crippen LogP contribution in [0.2, 0.25) is 0 Å². The second kappa shape index (κ2) is 5.24. The highest BCUT2D eigenvalue weighted by molar-refractivity contribution is 7.18. The van der Waals surface area contributed by atoms with E-state index in [0.29, 0.717) is 0 Å². The van der Waals surface area contributed by atoms with Crippen molar-refractivity contribution < 1.29 is 0 Å². The lowest BCUT2D eigenvalue weighted by Gasteiger charge is -1.97. The highest BCUT2D eigenvalue weighted by atomic mass is 32.1. The minimum absolute atomic E-state index is 0.778. The van der Waals surface area contributed by atoms with Crippen LogP contribution in [0.15, 0.2) is 41.2 Å². The lowest BCUT2D eigenvalue weighted by atomic mass is 10.3. The molecule has 0 amide bonds. The molecule has 0 fully saturated rings. The van der Waals surface area contributed by atoms with E-state index < -0.39 is 0 Å². The van der Waals surface area contributed by atoms with Gasteiger partial charge in [-0.3, -0.25) is 4.98 Å². The molecule has 0 atom stereocenters. The molecule has 3 aromatic rings. The number of aromatic nitrogens is 3. The summed E-state index contributed by atoms with van der Waals surface area (Å²) in [6.07, 6.45) is 1.76. The summed E-state index contributed by atoms with van der Waals surface area (Å²) < 4.78 is 0. The zero-order chi connectivity index (χ0) is 12.2. The number of hydrogen-bond donors (Lipinski definition) is 1. The summed E-state index contributed by atoms with van der Waals surface area (Å²) in [5, 5.41) is 17.3. The van der Waals surface area contributed by atoms with Gasteiger partial charge in [0.25, 0.3) is 0 Å². The van der Waals surface area contributed by atoms with E-state index in [4.69, 9.17) is 0 Å². The third kappa shape index (κ3) is 2.55. The van der Waals surface area contributed by atoms with Gasteiger partial charge in [-0.15, -0.1) is 10.2 Å². The predicted molar refractivity (Wildman–Crippen MR) is 74.8 cm³/mol. The van der Waals surface area contributed by atoms with Gasteiger partial charge in [0.2, 0.25) is 5.13 Å². The second-order valence-corrected chi connectivity index (χ2v) is 5.37. The van der Waals surface area contributed by atoms with Crippen molar-refractivity contribution in [3.05, 3.63) is 46.8 Å². The van der Waals surface area contributed by atoms with Crippen molar-refractivity contribution in [1.82, 2.24) is 15.2 Å². The summed E-state index contributed by atoms with van der Waals surface area (Å²) in [5.74, 6) is 0. The van der Waals surface area contributed by atoms with Crippen molar-refractivity contribution in [3.8, 4) is 10.7 Å². The van der Waals surface area contributed by atoms with Crippen LogP contribution in [0.5, 0.6) is 0 Å². The Hall–Kier alpha value is -1.79. The molecule has 0 spiro atoms. The van der Waals surface area contributed by atoms with Gasteiger partial charge in [0.05, 0.1) is 0 Å². The molecule has 6 heteroatoms. The van der Waals surface area contributed by atoms with Crippen LogP contribution in [-0.4, -0.2) is 15.2 Å². The molecule has 0 unspecified atom stereocenters. The first-order chi connectivity index (χ1) is 8.92. The molecule has 0 aromatic carbocycles. The van der Waals surface area contributed by atoms with Gasteiger partial charge >= 0.3 is 0 Å². The Morgan fingerprint density at radius 2 is 2.17 bits per heavy atom. The lowest BCUT2D eigenvalue weighted by Crippen LogP contribution is -1.96. The maximum Gasteiger partial charge on any atom is 0.206 e. The number of hydrogen-bond acceptors (Lipinski definition) is 6. The molecule has 90 valence electrons. The smallest absolute Gasteiger partial charge is 0.206 e. The zero-order valence-electron chi connectivity index (χ0n) is 9.41. The van der Waals surface area contributed by atoms with Crippen LogP contribution < -0.4 is 5.32 Å². The normalized spacial score (nSPS) is 10.4. The van der Waals surface area contributed by atoms with Crippen LogP contribution in [-0.2, 0) is 6.54 Å². The predicted octanol–water partition coefficient (Wildman–Crippen LogP) is 3.27. The Morgan fingerprint density at radius 1 is 1.17 bits per heavy atom. The van der Waals surface area contributed by atoms with Crippen LogP contribution in [0.1, 0.15) is 5.56 Å². The molecule has 0 bridgehead atoms. The second-order valence-electron chi connectivity index (χ2n) is 3.61. The molecule has 0 aliphatic carbocycles. The van der Waals surface area contributed by atoms with E-state index in [0.717, 1.165) is 22.4 Å². The Labute approximate surface area is 112 Å². The molecule has 3 heterocycles. The summed E-state index contributed by atoms with van der Waals surface area (Å²) in [6.45, 7) is 0.778. The molecular weight excluding hydrogens is 264 g/mol. The van der Waals surface area contributed by atoms with Gasteiger partial charge in [-0.05, 0) is 34.5 Å². The first-order valence-corrected chi connectivity index (χ1v) is 7.17. The molecule has 3 rings (SSSR count). The van der Waals surface area contributed by atoms with E-state index in [1.54, 1.807) is 17.5 Å². The van der Waals surface area contributed by atoms with Crippen LogP contribution in [0.4, 0.5) is 5.13 Å². The van der Waals surface area contributed by atoms with Crippen LogP contribution >= 0.6 is 22.7 Å². The average Bonchev–Trinajstić information content (AvgIpc) is 3.09. The molecule has 18 heavy (non-hydrogen) atoms. The molecule has 0 saturated heterocycles. The Bertz CT molecular complexity index is 604. The molecule has 3 aromatic heterocycles. The van der Waals surface area contributed by atoms with E-state index in [9.17, 15) is 0 Å². The fourth-order valence-corrected chi connectivity index (χ4v) is 2.84. The maximum atomic E-state index is 4.25. The first-order valence-electron chi connectivity index (χ1n) is 5.42.